The van der Waals surface area contributed by atoms with Gasteiger partial charge >= 0.3 is 0 Å². The molecular weight excluding hydrogens is 296 g/mol. The van der Waals surface area contributed by atoms with Gasteiger partial charge in [-0.05, 0) is 53.9 Å². The lowest BCUT2D eigenvalue weighted by Crippen LogP contribution is -1.90. The van der Waals surface area contributed by atoms with Crippen molar-refractivity contribution in [1.29, 1.82) is 0 Å². The molecule has 2 aromatic carbocycles. The van der Waals surface area contributed by atoms with Crippen LogP contribution in [0, 0.1) is 0 Å². The van der Waals surface area contributed by atoms with Gasteiger partial charge in [0.05, 0.1) is 12.8 Å². The van der Waals surface area contributed by atoms with Crippen molar-refractivity contribution in [1.82, 2.24) is 4.57 Å². The summed E-state index contributed by atoms with van der Waals surface area (Å²) in [5.74, 6) is 1.40. The van der Waals surface area contributed by atoms with Gasteiger partial charge in [-0.25, -0.2) is 0 Å². The summed E-state index contributed by atoms with van der Waals surface area (Å²) < 4.78 is 7.26. The fourth-order valence-electron chi connectivity index (χ4n) is 2.50. The first-order chi connectivity index (χ1) is 11.7. The van der Waals surface area contributed by atoms with Crippen LogP contribution in [0.5, 0.6) is 5.75 Å². The molecule has 122 valence electrons. The number of nitrogens with zero attached hydrogens (tertiary/aromatic N) is 2. The summed E-state index contributed by atoms with van der Waals surface area (Å²) in [5.41, 5.74) is 4.46. The fraction of sp³-hybridized carbons (Fsp3) is 0.190. The zero-order valence-electron chi connectivity index (χ0n) is 14.3. The smallest absolute Gasteiger partial charge is 0.119 e. The number of hydrogen-bond donors (Lipinski definition) is 0. The van der Waals surface area contributed by atoms with Gasteiger partial charge in [0.1, 0.15) is 5.75 Å². The van der Waals surface area contributed by atoms with Crippen LogP contribution in [0.25, 0.3) is 5.69 Å². The van der Waals surface area contributed by atoms with Crippen LogP contribution in [0.1, 0.15) is 30.9 Å². The molecule has 1 heterocycles. The van der Waals surface area contributed by atoms with E-state index in [1.165, 1.54) is 5.56 Å². The maximum Gasteiger partial charge on any atom is 0.119 e. The largest absolute Gasteiger partial charge is 0.497 e. The van der Waals surface area contributed by atoms with Crippen LogP contribution in [-0.4, -0.2) is 17.9 Å². The van der Waals surface area contributed by atoms with Crippen molar-refractivity contribution in [2.24, 2.45) is 4.99 Å². The molecular formula is C21H22N2O. The molecule has 0 atom stereocenters. The Morgan fingerprint density at radius 2 is 1.67 bits per heavy atom. The van der Waals surface area contributed by atoms with Crippen LogP contribution < -0.4 is 4.74 Å². The highest BCUT2D eigenvalue weighted by Gasteiger charge is 2.00. The van der Waals surface area contributed by atoms with Gasteiger partial charge in [0, 0.05) is 29.9 Å². The van der Waals surface area contributed by atoms with Crippen molar-refractivity contribution in [2.45, 2.75) is 19.8 Å². The number of aromatic nitrogens is 1. The second kappa shape index (κ2) is 7.18. The summed E-state index contributed by atoms with van der Waals surface area (Å²) in [7, 11) is 1.67. The summed E-state index contributed by atoms with van der Waals surface area (Å²) in [6.45, 7) is 4.39. The maximum atomic E-state index is 5.19. The molecule has 0 fully saturated rings. The third-order valence-electron chi connectivity index (χ3n) is 4.01. The van der Waals surface area contributed by atoms with Gasteiger partial charge in [-0.3, -0.25) is 4.99 Å². The van der Waals surface area contributed by atoms with Gasteiger partial charge in [0.15, 0.2) is 0 Å². The van der Waals surface area contributed by atoms with Crippen LogP contribution in [-0.2, 0) is 0 Å². The van der Waals surface area contributed by atoms with Gasteiger partial charge in [-0.15, -0.1) is 0 Å². The Balaban J connectivity index is 1.73. The summed E-state index contributed by atoms with van der Waals surface area (Å²) >= 11 is 0. The third kappa shape index (κ3) is 3.74. The fourth-order valence-corrected chi connectivity index (χ4v) is 2.50. The molecule has 3 nitrogen and oxygen atoms in total. The minimum absolute atomic E-state index is 0.543. The minimum atomic E-state index is 0.543. The topological polar surface area (TPSA) is 26.5 Å². The molecule has 0 bridgehead atoms. The first-order valence-corrected chi connectivity index (χ1v) is 8.12. The van der Waals surface area contributed by atoms with Gasteiger partial charge in [0.25, 0.3) is 0 Å². The number of rotatable bonds is 5. The molecule has 0 saturated heterocycles. The summed E-state index contributed by atoms with van der Waals surface area (Å²) in [5, 5.41) is 0. The second-order valence-electron chi connectivity index (χ2n) is 6.05. The number of benzene rings is 2. The van der Waals surface area contributed by atoms with Crippen LogP contribution in [0.3, 0.4) is 0 Å². The highest BCUT2D eigenvalue weighted by molar-refractivity contribution is 5.81. The van der Waals surface area contributed by atoms with Crippen molar-refractivity contribution < 1.29 is 4.74 Å². The van der Waals surface area contributed by atoms with Crippen LogP contribution in [0.15, 0.2) is 72.0 Å². The van der Waals surface area contributed by atoms with Crippen molar-refractivity contribution >= 4 is 11.9 Å². The molecule has 0 saturated carbocycles. The first kappa shape index (κ1) is 16.1. The van der Waals surface area contributed by atoms with E-state index in [9.17, 15) is 0 Å². The average Bonchev–Trinajstić information content (AvgIpc) is 3.09. The Hall–Kier alpha value is -2.81. The van der Waals surface area contributed by atoms with Gasteiger partial charge in [0.2, 0.25) is 0 Å². The van der Waals surface area contributed by atoms with E-state index in [4.69, 9.17) is 4.74 Å². The van der Waals surface area contributed by atoms with E-state index in [2.05, 4.69) is 59.9 Å². The number of aliphatic imine (C=N–C) groups is 1. The van der Waals surface area contributed by atoms with E-state index in [-0.39, 0.29) is 0 Å². The second-order valence-corrected chi connectivity index (χ2v) is 6.05. The molecule has 0 amide bonds. The van der Waals surface area contributed by atoms with Gasteiger partial charge in [-0.2, -0.15) is 0 Å². The monoisotopic (exact) mass is 318 g/mol. The van der Waals surface area contributed by atoms with Gasteiger partial charge < -0.3 is 9.30 Å². The lowest BCUT2D eigenvalue weighted by Gasteiger charge is -2.04. The lowest BCUT2D eigenvalue weighted by atomic mass is 10.0. The summed E-state index contributed by atoms with van der Waals surface area (Å²) in [4.78, 5) is 4.55. The molecule has 0 aliphatic rings. The number of methoxy groups -OCH3 is 1. The predicted molar refractivity (Wildman–Crippen MR) is 100 cm³/mol. The van der Waals surface area contributed by atoms with E-state index in [0.717, 1.165) is 22.7 Å². The highest BCUT2D eigenvalue weighted by atomic mass is 16.5. The van der Waals surface area contributed by atoms with Gasteiger partial charge in [-0.1, -0.05) is 26.0 Å². The molecule has 0 aliphatic heterocycles. The average molecular weight is 318 g/mol. The molecule has 3 aromatic rings. The third-order valence-corrected chi connectivity index (χ3v) is 4.01. The molecule has 0 N–H and O–H groups in total. The van der Waals surface area contributed by atoms with Crippen LogP contribution in [0.4, 0.5) is 5.69 Å². The Morgan fingerprint density at radius 1 is 0.958 bits per heavy atom. The normalized spacial score (nSPS) is 11.3. The Labute approximate surface area is 143 Å². The van der Waals surface area contributed by atoms with Crippen molar-refractivity contribution in [3.05, 3.63) is 78.1 Å². The molecule has 3 rings (SSSR count). The molecule has 0 spiro atoms. The molecule has 0 radical (unpaired) electrons. The van der Waals surface area contributed by atoms with E-state index in [1.54, 1.807) is 7.11 Å². The molecule has 24 heavy (non-hydrogen) atoms. The summed E-state index contributed by atoms with van der Waals surface area (Å²) in [6, 6.07) is 18.4. The molecule has 1 aromatic heterocycles. The molecule has 0 aliphatic carbocycles. The van der Waals surface area contributed by atoms with Crippen molar-refractivity contribution in [3.8, 4) is 11.4 Å². The quantitative estimate of drug-likeness (QED) is 0.582. The number of hydrogen-bond acceptors (Lipinski definition) is 2. The Bertz CT molecular complexity index is 812. The van der Waals surface area contributed by atoms with E-state index < -0.39 is 0 Å². The lowest BCUT2D eigenvalue weighted by molar-refractivity contribution is 0.415. The zero-order chi connectivity index (χ0) is 16.9. The van der Waals surface area contributed by atoms with E-state index >= 15 is 0 Å². The highest BCUT2D eigenvalue weighted by Crippen LogP contribution is 2.19. The molecule has 3 heteroatoms. The van der Waals surface area contributed by atoms with Crippen LogP contribution in [0.2, 0.25) is 0 Å². The molecule has 0 unspecified atom stereocenters. The summed E-state index contributed by atoms with van der Waals surface area (Å²) in [6.07, 6.45) is 5.99. The predicted octanol–water partition coefficient (Wildman–Crippen LogP) is 5.36. The minimum Gasteiger partial charge on any atom is -0.497 e. The first-order valence-electron chi connectivity index (χ1n) is 8.12. The zero-order valence-corrected chi connectivity index (χ0v) is 14.3. The van der Waals surface area contributed by atoms with Crippen molar-refractivity contribution in [2.75, 3.05) is 7.11 Å². The Kier molecular flexibility index (Phi) is 4.80. The SMILES string of the molecule is COc1ccc(-n2ccc(C=Nc3ccc(C(C)C)cc3)c2)cc1. The van der Waals surface area contributed by atoms with Crippen molar-refractivity contribution in [3.63, 3.8) is 0 Å². The standard InChI is InChI=1S/C21H22N2O/c1-16(2)18-4-6-19(7-5-18)22-14-17-12-13-23(15-17)20-8-10-21(24-3)11-9-20/h4-16H,1-3H3. The van der Waals surface area contributed by atoms with Crippen LogP contribution >= 0.6 is 0 Å². The van der Waals surface area contributed by atoms with E-state index in [0.29, 0.717) is 5.92 Å². The van der Waals surface area contributed by atoms with E-state index in [1.807, 2.05) is 36.7 Å². The maximum absolute atomic E-state index is 5.19. The Morgan fingerprint density at radius 3 is 2.29 bits per heavy atom. The number of ether oxygens (including phenoxy) is 1.